The molecule has 118 valence electrons. The van der Waals surface area contributed by atoms with Gasteiger partial charge in [-0.25, -0.2) is 0 Å². The van der Waals surface area contributed by atoms with Crippen LogP contribution in [0.5, 0.6) is 5.75 Å². The third kappa shape index (κ3) is 4.45. The molecular formula is C14H15F2N3O2S. The molecule has 0 atom stereocenters. The van der Waals surface area contributed by atoms with Gasteiger partial charge in [0.15, 0.2) is 0 Å². The van der Waals surface area contributed by atoms with Gasteiger partial charge in [0.1, 0.15) is 10.8 Å². The van der Waals surface area contributed by atoms with Crippen molar-refractivity contribution in [1.82, 2.24) is 10.2 Å². The second-order valence-electron chi connectivity index (χ2n) is 4.93. The molecule has 0 saturated carbocycles. The van der Waals surface area contributed by atoms with E-state index in [1.54, 1.807) is 6.07 Å². The number of hydrogen-bond acceptors (Lipinski definition) is 5. The monoisotopic (exact) mass is 327 g/mol. The van der Waals surface area contributed by atoms with Gasteiger partial charge in [-0.05, 0) is 18.1 Å². The van der Waals surface area contributed by atoms with Crippen LogP contribution in [0.2, 0.25) is 0 Å². The van der Waals surface area contributed by atoms with E-state index in [-0.39, 0.29) is 11.3 Å². The van der Waals surface area contributed by atoms with E-state index in [1.165, 1.54) is 29.5 Å². The summed E-state index contributed by atoms with van der Waals surface area (Å²) in [4.78, 5) is 12.2. The largest absolute Gasteiger partial charge is 0.434 e. The van der Waals surface area contributed by atoms with Crippen LogP contribution in [0.15, 0.2) is 24.3 Å². The number of anilines is 1. The lowest BCUT2D eigenvalue weighted by Crippen LogP contribution is -2.14. The van der Waals surface area contributed by atoms with Gasteiger partial charge in [0.05, 0.1) is 5.56 Å². The third-order valence-corrected chi connectivity index (χ3v) is 3.48. The first-order valence-corrected chi connectivity index (χ1v) is 7.45. The number of amides is 1. The highest BCUT2D eigenvalue weighted by Crippen LogP contribution is 2.23. The summed E-state index contributed by atoms with van der Waals surface area (Å²) in [7, 11) is 0. The van der Waals surface area contributed by atoms with Gasteiger partial charge in [0.25, 0.3) is 5.91 Å². The molecule has 0 spiro atoms. The molecule has 0 bridgehead atoms. The molecule has 1 amide bonds. The molecule has 1 aromatic carbocycles. The van der Waals surface area contributed by atoms with Crippen LogP contribution in [0.1, 0.15) is 29.2 Å². The summed E-state index contributed by atoms with van der Waals surface area (Å²) in [6, 6.07) is 5.80. The van der Waals surface area contributed by atoms with Crippen molar-refractivity contribution in [2.24, 2.45) is 5.92 Å². The van der Waals surface area contributed by atoms with Crippen LogP contribution in [-0.2, 0) is 6.42 Å². The van der Waals surface area contributed by atoms with E-state index >= 15 is 0 Å². The van der Waals surface area contributed by atoms with Gasteiger partial charge in [-0.2, -0.15) is 8.78 Å². The number of carbonyl (C=O) groups is 1. The fourth-order valence-electron chi connectivity index (χ4n) is 1.75. The van der Waals surface area contributed by atoms with E-state index in [9.17, 15) is 13.6 Å². The Labute approximate surface area is 130 Å². The Morgan fingerprint density at radius 3 is 2.73 bits per heavy atom. The number of alkyl halides is 2. The number of carbonyl (C=O) groups excluding carboxylic acids is 1. The lowest BCUT2D eigenvalue weighted by molar-refractivity contribution is -0.0501. The van der Waals surface area contributed by atoms with Gasteiger partial charge in [0, 0.05) is 6.42 Å². The van der Waals surface area contributed by atoms with E-state index in [2.05, 4.69) is 34.1 Å². The van der Waals surface area contributed by atoms with Gasteiger partial charge in [0.2, 0.25) is 5.13 Å². The predicted molar refractivity (Wildman–Crippen MR) is 79.5 cm³/mol. The van der Waals surface area contributed by atoms with Gasteiger partial charge in [-0.3, -0.25) is 10.1 Å². The van der Waals surface area contributed by atoms with Crippen molar-refractivity contribution in [3.05, 3.63) is 34.8 Å². The summed E-state index contributed by atoms with van der Waals surface area (Å²) in [5, 5.41) is 11.5. The van der Waals surface area contributed by atoms with Crippen molar-refractivity contribution in [3.63, 3.8) is 0 Å². The quantitative estimate of drug-likeness (QED) is 0.880. The average Bonchev–Trinajstić information content (AvgIpc) is 2.84. The molecule has 0 radical (unpaired) electrons. The Kier molecular flexibility index (Phi) is 5.37. The molecule has 0 fully saturated rings. The van der Waals surface area contributed by atoms with Crippen LogP contribution >= 0.6 is 11.3 Å². The number of aromatic nitrogens is 2. The van der Waals surface area contributed by atoms with Crippen LogP contribution < -0.4 is 10.1 Å². The fourth-order valence-corrected chi connectivity index (χ4v) is 2.70. The van der Waals surface area contributed by atoms with Crippen molar-refractivity contribution >= 4 is 22.4 Å². The van der Waals surface area contributed by atoms with E-state index in [0.29, 0.717) is 11.0 Å². The molecular weight excluding hydrogens is 312 g/mol. The fraction of sp³-hybridized carbons (Fsp3) is 0.357. The van der Waals surface area contributed by atoms with Crippen molar-refractivity contribution in [2.75, 3.05) is 5.32 Å². The molecule has 22 heavy (non-hydrogen) atoms. The van der Waals surface area contributed by atoms with Crippen LogP contribution in [-0.4, -0.2) is 22.7 Å². The van der Waals surface area contributed by atoms with Crippen molar-refractivity contribution in [3.8, 4) is 5.75 Å². The molecule has 8 heteroatoms. The van der Waals surface area contributed by atoms with Gasteiger partial charge < -0.3 is 4.74 Å². The number of rotatable bonds is 6. The number of nitrogens with zero attached hydrogens (tertiary/aromatic N) is 2. The molecule has 1 aromatic heterocycles. The number of para-hydroxylation sites is 1. The SMILES string of the molecule is CC(C)Cc1nnc(NC(=O)c2ccccc2OC(F)F)s1. The second kappa shape index (κ2) is 7.26. The van der Waals surface area contributed by atoms with Gasteiger partial charge >= 0.3 is 6.61 Å². The minimum atomic E-state index is -2.99. The van der Waals surface area contributed by atoms with Crippen LogP contribution in [0.4, 0.5) is 13.9 Å². The third-order valence-electron chi connectivity index (χ3n) is 2.62. The average molecular weight is 327 g/mol. The van der Waals surface area contributed by atoms with Crippen molar-refractivity contribution in [1.29, 1.82) is 0 Å². The van der Waals surface area contributed by atoms with Gasteiger partial charge in [-0.1, -0.05) is 37.3 Å². The zero-order valence-electron chi connectivity index (χ0n) is 12.0. The summed E-state index contributed by atoms with van der Waals surface area (Å²) < 4.78 is 29.0. The van der Waals surface area contributed by atoms with Crippen LogP contribution in [0, 0.1) is 5.92 Å². The zero-order chi connectivity index (χ0) is 16.1. The molecule has 2 rings (SSSR count). The summed E-state index contributed by atoms with van der Waals surface area (Å²) >= 11 is 1.26. The summed E-state index contributed by atoms with van der Waals surface area (Å²) in [6.45, 7) is 1.11. The Balaban J connectivity index is 2.10. The van der Waals surface area contributed by atoms with Crippen LogP contribution in [0.3, 0.4) is 0 Å². The maximum absolute atomic E-state index is 12.3. The van der Waals surface area contributed by atoms with E-state index < -0.39 is 12.5 Å². The smallest absolute Gasteiger partial charge is 0.387 e. The van der Waals surface area contributed by atoms with E-state index in [1.807, 2.05) is 0 Å². The summed E-state index contributed by atoms with van der Waals surface area (Å²) in [5.41, 5.74) is 0.0170. The summed E-state index contributed by atoms with van der Waals surface area (Å²) in [5.74, 6) is -0.318. The number of nitrogens with one attached hydrogen (secondary N) is 1. The maximum Gasteiger partial charge on any atom is 0.387 e. The minimum Gasteiger partial charge on any atom is -0.434 e. The molecule has 0 aliphatic carbocycles. The molecule has 1 N–H and O–H groups in total. The molecule has 0 aliphatic rings. The Bertz CT molecular complexity index is 647. The minimum absolute atomic E-state index is 0.0170. The topological polar surface area (TPSA) is 64.1 Å². The molecule has 0 saturated heterocycles. The van der Waals surface area contributed by atoms with E-state index in [0.717, 1.165) is 11.4 Å². The standard InChI is InChI=1S/C14H15F2N3O2S/c1-8(2)7-11-18-19-14(22-11)17-12(20)9-5-3-4-6-10(9)21-13(15)16/h3-6,8,13H,7H2,1-2H3,(H,17,19,20). The molecule has 1 heterocycles. The first-order chi connectivity index (χ1) is 10.5. The number of halogens is 2. The Morgan fingerprint density at radius 2 is 2.05 bits per heavy atom. The van der Waals surface area contributed by atoms with E-state index in [4.69, 9.17) is 0 Å². The van der Waals surface area contributed by atoms with Crippen molar-refractivity contribution < 1.29 is 18.3 Å². The molecule has 5 nitrogen and oxygen atoms in total. The van der Waals surface area contributed by atoms with Crippen molar-refractivity contribution in [2.45, 2.75) is 26.9 Å². The number of ether oxygens (including phenoxy) is 1. The number of hydrogen-bond donors (Lipinski definition) is 1. The normalized spacial score (nSPS) is 11.0. The Morgan fingerprint density at radius 1 is 1.32 bits per heavy atom. The first kappa shape index (κ1) is 16.3. The molecule has 2 aromatic rings. The summed E-state index contributed by atoms with van der Waals surface area (Å²) in [6.07, 6.45) is 0.763. The highest BCUT2D eigenvalue weighted by atomic mass is 32.1. The molecule has 0 unspecified atom stereocenters. The number of benzene rings is 1. The lowest BCUT2D eigenvalue weighted by Gasteiger charge is -2.09. The maximum atomic E-state index is 12.3. The predicted octanol–water partition coefficient (Wildman–Crippen LogP) is 3.59. The van der Waals surface area contributed by atoms with Crippen LogP contribution in [0.25, 0.3) is 0 Å². The highest BCUT2D eigenvalue weighted by Gasteiger charge is 2.17. The zero-order valence-corrected chi connectivity index (χ0v) is 12.9. The Hall–Kier alpha value is -2.09. The highest BCUT2D eigenvalue weighted by molar-refractivity contribution is 7.15. The molecule has 0 aliphatic heterocycles. The lowest BCUT2D eigenvalue weighted by atomic mass is 10.1. The van der Waals surface area contributed by atoms with Gasteiger partial charge in [-0.15, -0.1) is 10.2 Å². The first-order valence-electron chi connectivity index (χ1n) is 6.63. The second-order valence-corrected chi connectivity index (χ2v) is 5.99.